The van der Waals surface area contributed by atoms with Gasteiger partial charge in [0, 0.05) is 5.56 Å². The lowest BCUT2D eigenvalue weighted by Gasteiger charge is -2.09. The highest BCUT2D eigenvalue weighted by atomic mass is 16.5. The number of benzene rings is 2. The summed E-state index contributed by atoms with van der Waals surface area (Å²) >= 11 is 0. The van der Waals surface area contributed by atoms with Crippen LogP contribution in [0.25, 0.3) is 11.1 Å². The first-order valence-corrected chi connectivity index (χ1v) is 5.86. The minimum absolute atomic E-state index is 0.729. The van der Waals surface area contributed by atoms with Crippen LogP contribution in [0.5, 0.6) is 5.75 Å². The van der Waals surface area contributed by atoms with Crippen LogP contribution < -0.4 is 4.74 Å². The molecule has 0 aliphatic heterocycles. The van der Waals surface area contributed by atoms with E-state index in [1.807, 2.05) is 50.2 Å². The van der Waals surface area contributed by atoms with Gasteiger partial charge < -0.3 is 4.74 Å². The van der Waals surface area contributed by atoms with Crippen molar-refractivity contribution in [3.63, 3.8) is 0 Å². The van der Waals surface area contributed by atoms with Gasteiger partial charge in [0.1, 0.15) is 12.0 Å². The molecule has 0 unspecified atom stereocenters. The van der Waals surface area contributed by atoms with Gasteiger partial charge >= 0.3 is 0 Å². The lowest BCUT2D eigenvalue weighted by molar-refractivity contribution is 0.112. The molecule has 0 saturated carbocycles. The molecule has 0 aliphatic rings. The van der Waals surface area contributed by atoms with Gasteiger partial charge in [0.15, 0.2) is 0 Å². The first kappa shape index (κ1) is 12.4. The lowest BCUT2D eigenvalue weighted by atomic mass is 9.99. The Balaban J connectivity index is 2.51. The maximum absolute atomic E-state index is 11.0. The Bertz CT molecular complexity index is 586. The SMILES string of the molecule is COc1cc(-c2ccc(C)c(C=O)c2)ccc1C. The number of carbonyl (C=O) groups excluding carboxylic acids is 1. The molecule has 2 aromatic rings. The summed E-state index contributed by atoms with van der Waals surface area (Å²) in [5.74, 6) is 0.862. The Morgan fingerprint density at radius 3 is 2.17 bits per heavy atom. The minimum atomic E-state index is 0.729. The van der Waals surface area contributed by atoms with Gasteiger partial charge in [-0.05, 0) is 48.2 Å². The summed E-state index contributed by atoms with van der Waals surface area (Å²) < 4.78 is 5.32. The fraction of sp³-hybridized carbons (Fsp3) is 0.188. The molecule has 0 bridgehead atoms. The van der Waals surface area contributed by atoms with Crippen molar-refractivity contribution in [1.29, 1.82) is 0 Å². The predicted octanol–water partition coefficient (Wildman–Crippen LogP) is 3.79. The summed E-state index contributed by atoms with van der Waals surface area (Å²) in [6.07, 6.45) is 0.893. The highest BCUT2D eigenvalue weighted by Gasteiger charge is 2.05. The van der Waals surface area contributed by atoms with E-state index in [0.29, 0.717) is 0 Å². The zero-order chi connectivity index (χ0) is 13.1. The molecule has 2 heteroatoms. The second-order valence-corrected chi connectivity index (χ2v) is 4.37. The molecule has 2 nitrogen and oxygen atoms in total. The van der Waals surface area contributed by atoms with Crippen molar-refractivity contribution in [2.45, 2.75) is 13.8 Å². The van der Waals surface area contributed by atoms with E-state index in [-0.39, 0.29) is 0 Å². The van der Waals surface area contributed by atoms with Gasteiger partial charge in [-0.3, -0.25) is 4.79 Å². The van der Waals surface area contributed by atoms with E-state index >= 15 is 0 Å². The van der Waals surface area contributed by atoms with E-state index in [9.17, 15) is 4.79 Å². The van der Waals surface area contributed by atoms with Crippen LogP contribution in [0, 0.1) is 13.8 Å². The van der Waals surface area contributed by atoms with Crippen molar-refractivity contribution < 1.29 is 9.53 Å². The van der Waals surface area contributed by atoms with Gasteiger partial charge in [-0.2, -0.15) is 0 Å². The third-order valence-electron chi connectivity index (χ3n) is 3.15. The molecule has 0 amide bonds. The topological polar surface area (TPSA) is 26.3 Å². The largest absolute Gasteiger partial charge is 0.496 e. The van der Waals surface area contributed by atoms with Crippen molar-refractivity contribution in [3.8, 4) is 16.9 Å². The predicted molar refractivity (Wildman–Crippen MR) is 73.3 cm³/mol. The van der Waals surface area contributed by atoms with Crippen molar-refractivity contribution in [1.82, 2.24) is 0 Å². The second kappa shape index (κ2) is 5.05. The van der Waals surface area contributed by atoms with Crippen LogP contribution in [0.4, 0.5) is 0 Å². The zero-order valence-electron chi connectivity index (χ0n) is 10.9. The van der Waals surface area contributed by atoms with Crippen molar-refractivity contribution in [2.24, 2.45) is 0 Å². The van der Waals surface area contributed by atoms with Gasteiger partial charge in [-0.1, -0.05) is 24.3 Å². The number of ether oxygens (including phenoxy) is 1. The summed E-state index contributed by atoms with van der Waals surface area (Å²) in [7, 11) is 1.66. The summed E-state index contributed by atoms with van der Waals surface area (Å²) in [4.78, 5) is 11.0. The Morgan fingerprint density at radius 1 is 0.944 bits per heavy atom. The molecule has 92 valence electrons. The fourth-order valence-electron chi connectivity index (χ4n) is 1.95. The molecule has 0 saturated heterocycles. The molecular weight excluding hydrogens is 224 g/mol. The maximum Gasteiger partial charge on any atom is 0.150 e. The molecule has 0 fully saturated rings. The van der Waals surface area contributed by atoms with Crippen LogP contribution in [-0.2, 0) is 0 Å². The molecule has 2 rings (SSSR count). The highest BCUT2D eigenvalue weighted by molar-refractivity contribution is 5.81. The summed E-state index contributed by atoms with van der Waals surface area (Å²) in [6.45, 7) is 3.94. The van der Waals surface area contributed by atoms with Crippen LogP contribution in [-0.4, -0.2) is 13.4 Å². The quantitative estimate of drug-likeness (QED) is 0.763. The summed E-state index contributed by atoms with van der Waals surface area (Å²) in [5.41, 5.74) is 4.91. The summed E-state index contributed by atoms with van der Waals surface area (Å²) in [6, 6.07) is 11.9. The van der Waals surface area contributed by atoms with Crippen LogP contribution >= 0.6 is 0 Å². The van der Waals surface area contributed by atoms with Gasteiger partial charge in [-0.25, -0.2) is 0 Å². The van der Waals surface area contributed by atoms with Gasteiger partial charge in [0.2, 0.25) is 0 Å². The lowest BCUT2D eigenvalue weighted by Crippen LogP contribution is -1.90. The molecule has 0 aliphatic carbocycles. The minimum Gasteiger partial charge on any atom is -0.496 e. The molecule has 0 spiro atoms. The van der Waals surface area contributed by atoms with Crippen molar-refractivity contribution in [3.05, 3.63) is 53.1 Å². The molecule has 2 aromatic carbocycles. The van der Waals surface area contributed by atoms with E-state index in [1.54, 1.807) is 7.11 Å². The molecule has 0 radical (unpaired) electrons. The standard InChI is InChI=1S/C16H16O2/c1-11-4-6-13(8-15(11)10-17)14-7-5-12(2)16(9-14)18-3/h4-10H,1-3H3. The Hall–Kier alpha value is -2.09. The third kappa shape index (κ3) is 2.28. The maximum atomic E-state index is 11.0. The summed E-state index contributed by atoms with van der Waals surface area (Å²) in [5, 5.41) is 0. The molecule has 0 atom stereocenters. The van der Waals surface area contributed by atoms with Gasteiger partial charge in [0.05, 0.1) is 7.11 Å². The van der Waals surface area contributed by atoms with Gasteiger partial charge in [0.25, 0.3) is 0 Å². The fourth-order valence-corrected chi connectivity index (χ4v) is 1.95. The van der Waals surface area contributed by atoms with Crippen molar-refractivity contribution >= 4 is 6.29 Å². The number of carbonyl (C=O) groups is 1. The van der Waals surface area contributed by atoms with E-state index in [0.717, 1.165) is 39.9 Å². The van der Waals surface area contributed by atoms with E-state index < -0.39 is 0 Å². The smallest absolute Gasteiger partial charge is 0.150 e. The molecule has 0 aromatic heterocycles. The van der Waals surface area contributed by atoms with E-state index in [2.05, 4.69) is 0 Å². The average Bonchev–Trinajstić information content (AvgIpc) is 2.40. The van der Waals surface area contributed by atoms with Crippen LogP contribution in [0.2, 0.25) is 0 Å². The first-order chi connectivity index (χ1) is 8.65. The second-order valence-electron chi connectivity index (χ2n) is 4.37. The number of rotatable bonds is 3. The van der Waals surface area contributed by atoms with Crippen LogP contribution in [0.3, 0.4) is 0 Å². The molecular formula is C16H16O2. The van der Waals surface area contributed by atoms with Gasteiger partial charge in [-0.15, -0.1) is 0 Å². The highest BCUT2D eigenvalue weighted by Crippen LogP contribution is 2.27. The molecule has 0 N–H and O–H groups in total. The van der Waals surface area contributed by atoms with Crippen molar-refractivity contribution in [2.75, 3.05) is 7.11 Å². The normalized spacial score (nSPS) is 10.2. The number of aldehydes is 1. The number of aryl methyl sites for hydroxylation is 2. The van der Waals surface area contributed by atoms with Crippen LogP contribution in [0.15, 0.2) is 36.4 Å². The van der Waals surface area contributed by atoms with Crippen LogP contribution in [0.1, 0.15) is 21.5 Å². The Morgan fingerprint density at radius 2 is 1.56 bits per heavy atom. The third-order valence-corrected chi connectivity index (χ3v) is 3.15. The molecule has 0 heterocycles. The zero-order valence-corrected chi connectivity index (χ0v) is 10.9. The van der Waals surface area contributed by atoms with E-state index in [4.69, 9.17) is 4.74 Å². The number of hydrogen-bond donors (Lipinski definition) is 0. The Labute approximate surface area is 107 Å². The van der Waals surface area contributed by atoms with E-state index in [1.165, 1.54) is 0 Å². The number of hydrogen-bond acceptors (Lipinski definition) is 2. The number of methoxy groups -OCH3 is 1. The monoisotopic (exact) mass is 240 g/mol. The average molecular weight is 240 g/mol. The first-order valence-electron chi connectivity index (χ1n) is 5.86. The molecule has 18 heavy (non-hydrogen) atoms. The Kier molecular flexibility index (Phi) is 3.47.